The molecule has 0 amide bonds. The zero-order valence-electron chi connectivity index (χ0n) is 14.7. The summed E-state index contributed by atoms with van der Waals surface area (Å²) < 4.78 is 5.46. The molecule has 3 rings (SSSR count). The predicted octanol–water partition coefficient (Wildman–Crippen LogP) is 4.98. The molecule has 5 nitrogen and oxygen atoms in total. The van der Waals surface area contributed by atoms with Crippen molar-refractivity contribution in [2.24, 2.45) is 0 Å². The van der Waals surface area contributed by atoms with Gasteiger partial charge in [0.1, 0.15) is 11.6 Å². The van der Waals surface area contributed by atoms with Crippen LogP contribution in [0.1, 0.15) is 18.1 Å². The van der Waals surface area contributed by atoms with Gasteiger partial charge in [0.25, 0.3) is 0 Å². The van der Waals surface area contributed by atoms with Crippen LogP contribution >= 0.6 is 0 Å². The molecule has 0 saturated carbocycles. The molecule has 128 valence electrons. The molecule has 0 atom stereocenters. The summed E-state index contributed by atoms with van der Waals surface area (Å²) in [5, 5.41) is 6.59. The number of nitrogens with zero attached hydrogens (tertiary/aromatic N) is 2. The molecule has 2 aromatic carbocycles. The van der Waals surface area contributed by atoms with E-state index in [1.807, 2.05) is 43.3 Å². The summed E-state index contributed by atoms with van der Waals surface area (Å²) in [6.07, 6.45) is 1.74. The average Bonchev–Trinajstić information content (AvgIpc) is 2.61. The van der Waals surface area contributed by atoms with Gasteiger partial charge in [0.2, 0.25) is 5.95 Å². The number of aryl methyl sites for hydroxylation is 2. The normalized spacial score (nSPS) is 10.4. The molecule has 0 aliphatic heterocycles. The van der Waals surface area contributed by atoms with Crippen molar-refractivity contribution in [3.8, 4) is 5.75 Å². The van der Waals surface area contributed by atoms with Crippen molar-refractivity contribution in [1.82, 2.24) is 9.97 Å². The Morgan fingerprint density at radius 3 is 2.32 bits per heavy atom. The van der Waals surface area contributed by atoms with E-state index in [2.05, 4.69) is 46.6 Å². The molecule has 0 unspecified atom stereocenters. The van der Waals surface area contributed by atoms with Gasteiger partial charge in [0.15, 0.2) is 0 Å². The van der Waals surface area contributed by atoms with Crippen molar-refractivity contribution < 1.29 is 4.74 Å². The first kappa shape index (κ1) is 16.8. The third kappa shape index (κ3) is 4.26. The molecule has 2 N–H and O–H groups in total. The number of aromatic nitrogens is 2. The van der Waals surface area contributed by atoms with E-state index in [4.69, 9.17) is 4.74 Å². The lowest BCUT2D eigenvalue weighted by atomic mass is 10.1. The molecule has 1 heterocycles. The van der Waals surface area contributed by atoms with Crippen LogP contribution in [0, 0.1) is 13.8 Å². The molecule has 3 aromatic rings. The maximum Gasteiger partial charge on any atom is 0.229 e. The van der Waals surface area contributed by atoms with E-state index in [0.29, 0.717) is 12.6 Å². The van der Waals surface area contributed by atoms with Crippen LogP contribution < -0.4 is 15.4 Å². The van der Waals surface area contributed by atoms with Gasteiger partial charge in [-0.3, -0.25) is 0 Å². The first-order valence-corrected chi connectivity index (χ1v) is 8.32. The molecule has 5 heteroatoms. The summed E-state index contributed by atoms with van der Waals surface area (Å²) in [4.78, 5) is 8.85. The fraction of sp³-hybridized carbons (Fsp3) is 0.200. The molecular weight excluding hydrogens is 312 g/mol. The van der Waals surface area contributed by atoms with Gasteiger partial charge in [-0.25, -0.2) is 4.98 Å². The monoisotopic (exact) mass is 334 g/mol. The molecule has 0 bridgehead atoms. The molecule has 0 fully saturated rings. The summed E-state index contributed by atoms with van der Waals surface area (Å²) >= 11 is 0. The van der Waals surface area contributed by atoms with E-state index < -0.39 is 0 Å². The van der Waals surface area contributed by atoms with Gasteiger partial charge in [-0.1, -0.05) is 18.2 Å². The van der Waals surface area contributed by atoms with Gasteiger partial charge in [-0.2, -0.15) is 4.98 Å². The number of para-hydroxylation sites is 1. The van der Waals surface area contributed by atoms with Gasteiger partial charge in [-0.05, 0) is 62.2 Å². The lowest BCUT2D eigenvalue weighted by Gasteiger charge is -2.12. The Morgan fingerprint density at radius 2 is 1.64 bits per heavy atom. The van der Waals surface area contributed by atoms with Crippen molar-refractivity contribution in [3.63, 3.8) is 0 Å². The molecule has 0 spiro atoms. The van der Waals surface area contributed by atoms with Gasteiger partial charge >= 0.3 is 0 Å². The van der Waals surface area contributed by atoms with Crippen LogP contribution in [0.4, 0.5) is 23.1 Å². The molecular formula is C20H22N4O. The standard InChI is InChI=1S/C20H22N4O/c1-4-25-17-10-8-16(9-11-17)22-18-12-13-21-20(23-18)24-19-14(2)6-5-7-15(19)3/h5-13H,4H2,1-3H3,(H2,21,22,23,24). The second kappa shape index (κ2) is 7.66. The number of ether oxygens (including phenoxy) is 1. The fourth-order valence-electron chi connectivity index (χ4n) is 2.56. The molecule has 0 radical (unpaired) electrons. The Morgan fingerprint density at radius 1 is 0.920 bits per heavy atom. The number of hydrogen-bond acceptors (Lipinski definition) is 5. The van der Waals surface area contributed by atoms with E-state index in [1.54, 1.807) is 6.20 Å². The minimum atomic E-state index is 0.563. The van der Waals surface area contributed by atoms with E-state index in [0.717, 1.165) is 34.1 Å². The van der Waals surface area contributed by atoms with Crippen LogP contribution in [0.25, 0.3) is 0 Å². The zero-order valence-corrected chi connectivity index (χ0v) is 14.7. The van der Waals surface area contributed by atoms with E-state index >= 15 is 0 Å². The Hall–Kier alpha value is -3.08. The summed E-state index contributed by atoms with van der Waals surface area (Å²) in [5.74, 6) is 2.15. The maximum atomic E-state index is 5.46. The van der Waals surface area contributed by atoms with Gasteiger partial charge in [0, 0.05) is 17.6 Å². The Bertz CT molecular complexity index is 826. The third-order valence-electron chi connectivity index (χ3n) is 3.81. The van der Waals surface area contributed by atoms with Crippen LogP contribution in [0.3, 0.4) is 0 Å². The van der Waals surface area contributed by atoms with Crippen LogP contribution in [0.15, 0.2) is 54.7 Å². The van der Waals surface area contributed by atoms with Crippen molar-refractivity contribution in [3.05, 3.63) is 65.9 Å². The van der Waals surface area contributed by atoms with Crippen molar-refractivity contribution >= 4 is 23.1 Å². The SMILES string of the molecule is CCOc1ccc(Nc2ccnc(Nc3c(C)cccc3C)n2)cc1. The number of anilines is 4. The number of hydrogen-bond donors (Lipinski definition) is 2. The van der Waals surface area contributed by atoms with Gasteiger partial charge in [0.05, 0.1) is 6.61 Å². The Kier molecular flexibility index (Phi) is 5.14. The maximum absolute atomic E-state index is 5.46. The largest absolute Gasteiger partial charge is 0.494 e. The molecule has 0 saturated heterocycles. The van der Waals surface area contributed by atoms with Crippen molar-refractivity contribution in [2.45, 2.75) is 20.8 Å². The minimum Gasteiger partial charge on any atom is -0.494 e. The lowest BCUT2D eigenvalue weighted by molar-refractivity contribution is 0.340. The third-order valence-corrected chi connectivity index (χ3v) is 3.81. The van der Waals surface area contributed by atoms with Crippen LogP contribution in [0.5, 0.6) is 5.75 Å². The number of rotatable bonds is 6. The number of nitrogens with one attached hydrogen (secondary N) is 2. The second-order valence-corrected chi connectivity index (χ2v) is 5.74. The lowest BCUT2D eigenvalue weighted by Crippen LogP contribution is -2.02. The first-order valence-electron chi connectivity index (χ1n) is 8.32. The minimum absolute atomic E-state index is 0.563. The second-order valence-electron chi connectivity index (χ2n) is 5.74. The molecule has 0 aliphatic rings. The summed E-state index contributed by atoms with van der Waals surface area (Å²) in [7, 11) is 0. The van der Waals surface area contributed by atoms with Crippen molar-refractivity contribution in [2.75, 3.05) is 17.2 Å². The summed E-state index contributed by atoms with van der Waals surface area (Å²) in [6, 6.07) is 15.8. The topological polar surface area (TPSA) is 59.1 Å². The Balaban J connectivity index is 1.75. The zero-order chi connectivity index (χ0) is 17.6. The molecule has 25 heavy (non-hydrogen) atoms. The predicted molar refractivity (Wildman–Crippen MR) is 102 cm³/mol. The van der Waals surface area contributed by atoms with Crippen molar-refractivity contribution in [1.29, 1.82) is 0 Å². The highest BCUT2D eigenvalue weighted by Gasteiger charge is 2.05. The summed E-state index contributed by atoms with van der Waals surface area (Å²) in [6.45, 7) is 6.76. The first-order chi connectivity index (χ1) is 12.2. The van der Waals surface area contributed by atoms with E-state index in [1.165, 1.54) is 0 Å². The van der Waals surface area contributed by atoms with Gasteiger partial charge in [-0.15, -0.1) is 0 Å². The highest BCUT2D eigenvalue weighted by Crippen LogP contribution is 2.24. The molecule has 1 aromatic heterocycles. The number of benzene rings is 2. The highest BCUT2D eigenvalue weighted by molar-refractivity contribution is 5.64. The smallest absolute Gasteiger partial charge is 0.229 e. The van der Waals surface area contributed by atoms with Crippen LogP contribution in [0.2, 0.25) is 0 Å². The highest BCUT2D eigenvalue weighted by atomic mass is 16.5. The van der Waals surface area contributed by atoms with Crippen LogP contribution in [-0.4, -0.2) is 16.6 Å². The van der Waals surface area contributed by atoms with Crippen LogP contribution in [-0.2, 0) is 0 Å². The average molecular weight is 334 g/mol. The van der Waals surface area contributed by atoms with E-state index in [-0.39, 0.29) is 0 Å². The van der Waals surface area contributed by atoms with E-state index in [9.17, 15) is 0 Å². The molecule has 0 aliphatic carbocycles. The quantitative estimate of drug-likeness (QED) is 0.666. The Labute approximate surface area is 148 Å². The summed E-state index contributed by atoms with van der Waals surface area (Å²) in [5.41, 5.74) is 4.31. The fourth-order valence-corrected chi connectivity index (χ4v) is 2.56. The van der Waals surface area contributed by atoms with Gasteiger partial charge < -0.3 is 15.4 Å².